The van der Waals surface area contributed by atoms with E-state index in [1.165, 1.54) is 12.3 Å². The molecule has 1 rings (SSSR count). The van der Waals surface area contributed by atoms with Crippen LogP contribution in [0.2, 0.25) is 0 Å². The number of nitrogens with one attached hydrogen (secondary N) is 2. The van der Waals surface area contributed by atoms with Gasteiger partial charge in [-0.15, -0.1) is 10.2 Å². The summed E-state index contributed by atoms with van der Waals surface area (Å²) in [6, 6.07) is 3.13. The Balaban J connectivity index is 2.70. The molecule has 0 bridgehead atoms. The van der Waals surface area contributed by atoms with Gasteiger partial charge in [-0.3, -0.25) is 4.79 Å². The van der Waals surface area contributed by atoms with Crippen LogP contribution in [0.1, 0.15) is 31.3 Å². The van der Waals surface area contributed by atoms with Crippen LogP contribution in [0, 0.1) is 0 Å². The highest BCUT2D eigenvalue weighted by Crippen LogP contribution is 2.15. The fourth-order valence-electron chi connectivity index (χ4n) is 1.23. The molecule has 8 heteroatoms. The molecular formula is C12H20N4O3S. The summed E-state index contributed by atoms with van der Waals surface area (Å²) in [4.78, 5) is 11.5. The first kappa shape index (κ1) is 16.4. The van der Waals surface area contributed by atoms with Crippen LogP contribution in [0.15, 0.2) is 12.1 Å². The van der Waals surface area contributed by atoms with E-state index in [9.17, 15) is 13.2 Å². The van der Waals surface area contributed by atoms with Crippen LogP contribution >= 0.6 is 0 Å². The molecule has 0 saturated heterocycles. The van der Waals surface area contributed by atoms with Gasteiger partial charge in [0.15, 0.2) is 15.5 Å². The summed E-state index contributed by atoms with van der Waals surface area (Å²) < 4.78 is 22.2. The number of anilines is 1. The molecule has 1 aromatic heterocycles. The van der Waals surface area contributed by atoms with Gasteiger partial charge in [0.05, 0.1) is 4.75 Å². The van der Waals surface area contributed by atoms with Gasteiger partial charge in [0, 0.05) is 19.3 Å². The Morgan fingerprint density at radius 3 is 2.40 bits per heavy atom. The van der Waals surface area contributed by atoms with Gasteiger partial charge in [0.2, 0.25) is 0 Å². The predicted molar refractivity (Wildman–Crippen MR) is 77.5 cm³/mol. The van der Waals surface area contributed by atoms with Crippen LogP contribution in [0.25, 0.3) is 0 Å². The average Bonchev–Trinajstić information content (AvgIpc) is 2.36. The zero-order chi connectivity index (χ0) is 15.4. The molecule has 0 fully saturated rings. The Kier molecular flexibility index (Phi) is 5.04. The number of hydrogen-bond donors (Lipinski definition) is 2. The number of aromatic nitrogens is 2. The van der Waals surface area contributed by atoms with Crippen LogP contribution < -0.4 is 10.6 Å². The lowest BCUT2D eigenvalue weighted by Crippen LogP contribution is -2.38. The molecule has 0 saturated carbocycles. The molecule has 112 valence electrons. The minimum absolute atomic E-state index is 0.209. The van der Waals surface area contributed by atoms with Crippen LogP contribution in [0.3, 0.4) is 0 Å². The molecule has 0 aliphatic rings. The van der Waals surface area contributed by atoms with Gasteiger partial charge in [-0.2, -0.15) is 0 Å². The summed E-state index contributed by atoms with van der Waals surface area (Å²) in [6.45, 7) is 5.80. The lowest BCUT2D eigenvalue weighted by atomic mass is 10.2. The highest BCUT2D eigenvalue weighted by Gasteiger charge is 2.29. The van der Waals surface area contributed by atoms with Crippen molar-refractivity contribution >= 4 is 21.6 Å². The fourth-order valence-corrected chi connectivity index (χ4v) is 1.57. The molecule has 0 aliphatic carbocycles. The second-order valence-electron chi connectivity index (χ2n) is 5.05. The Morgan fingerprint density at radius 1 is 1.30 bits per heavy atom. The summed E-state index contributed by atoms with van der Waals surface area (Å²) in [7, 11) is -3.18. The van der Waals surface area contributed by atoms with Gasteiger partial charge in [0.1, 0.15) is 5.82 Å². The first-order chi connectivity index (χ1) is 9.17. The predicted octanol–water partition coefficient (Wildman–Crippen LogP) is 0.461. The van der Waals surface area contributed by atoms with Crippen molar-refractivity contribution in [3.63, 3.8) is 0 Å². The van der Waals surface area contributed by atoms with E-state index >= 15 is 0 Å². The summed E-state index contributed by atoms with van der Waals surface area (Å²) in [5.41, 5.74) is 0.222. The quantitative estimate of drug-likeness (QED) is 0.791. The van der Waals surface area contributed by atoms with Gasteiger partial charge < -0.3 is 10.6 Å². The van der Waals surface area contributed by atoms with E-state index in [0.29, 0.717) is 12.4 Å². The lowest BCUT2D eigenvalue weighted by molar-refractivity contribution is 0.0950. The highest BCUT2D eigenvalue weighted by molar-refractivity contribution is 7.92. The van der Waals surface area contributed by atoms with Crippen molar-refractivity contribution in [2.45, 2.75) is 25.5 Å². The molecule has 1 aromatic rings. The van der Waals surface area contributed by atoms with E-state index in [4.69, 9.17) is 0 Å². The van der Waals surface area contributed by atoms with Crippen molar-refractivity contribution in [1.82, 2.24) is 15.5 Å². The van der Waals surface area contributed by atoms with Crippen molar-refractivity contribution in [1.29, 1.82) is 0 Å². The summed E-state index contributed by atoms with van der Waals surface area (Å²) in [6.07, 6.45) is 1.19. The molecule has 0 radical (unpaired) electrons. The maximum Gasteiger partial charge on any atom is 0.271 e. The molecule has 0 atom stereocenters. The van der Waals surface area contributed by atoms with Gasteiger partial charge in [-0.25, -0.2) is 8.42 Å². The number of nitrogens with zero attached hydrogens (tertiary/aromatic N) is 2. The number of hydrogen-bond acceptors (Lipinski definition) is 6. The maximum absolute atomic E-state index is 11.6. The first-order valence-electron chi connectivity index (χ1n) is 6.23. The van der Waals surface area contributed by atoms with E-state index in [0.717, 1.165) is 0 Å². The van der Waals surface area contributed by atoms with E-state index in [1.54, 1.807) is 19.9 Å². The van der Waals surface area contributed by atoms with Gasteiger partial charge >= 0.3 is 0 Å². The van der Waals surface area contributed by atoms with Crippen LogP contribution in [0.4, 0.5) is 5.82 Å². The number of carbonyl (C=O) groups excluding carboxylic acids is 1. The maximum atomic E-state index is 11.6. The van der Waals surface area contributed by atoms with Crippen molar-refractivity contribution in [3.8, 4) is 0 Å². The third-order valence-corrected chi connectivity index (χ3v) is 5.09. The van der Waals surface area contributed by atoms with E-state index < -0.39 is 14.6 Å². The molecule has 2 N–H and O–H groups in total. The normalized spacial score (nSPS) is 12.0. The van der Waals surface area contributed by atoms with Crippen LogP contribution in [0.5, 0.6) is 0 Å². The van der Waals surface area contributed by atoms with Crippen LogP contribution in [-0.2, 0) is 9.84 Å². The van der Waals surface area contributed by atoms with Crippen molar-refractivity contribution in [2.75, 3.05) is 24.7 Å². The molecule has 7 nitrogen and oxygen atoms in total. The minimum Gasteiger partial charge on any atom is -0.367 e. The number of sulfone groups is 1. The zero-order valence-corrected chi connectivity index (χ0v) is 12.9. The summed E-state index contributed by atoms with van der Waals surface area (Å²) in [5.74, 6) is 0.137. The van der Waals surface area contributed by atoms with Gasteiger partial charge in [0.25, 0.3) is 5.91 Å². The summed E-state index contributed by atoms with van der Waals surface area (Å²) >= 11 is 0. The first-order valence-corrected chi connectivity index (χ1v) is 8.12. The topological polar surface area (TPSA) is 101 Å². The van der Waals surface area contributed by atoms with E-state index in [-0.39, 0.29) is 18.1 Å². The Morgan fingerprint density at radius 2 is 1.95 bits per heavy atom. The van der Waals surface area contributed by atoms with Crippen molar-refractivity contribution in [3.05, 3.63) is 17.8 Å². The molecule has 1 heterocycles. The zero-order valence-electron chi connectivity index (χ0n) is 12.1. The highest BCUT2D eigenvalue weighted by atomic mass is 32.2. The SMILES string of the molecule is CCNC(=O)c1ccc(NCC(C)(C)S(C)(=O)=O)nn1. The monoisotopic (exact) mass is 300 g/mol. The number of rotatable bonds is 6. The Bertz CT molecular complexity index is 567. The number of carbonyl (C=O) groups is 1. The Labute approximate surface area is 119 Å². The molecule has 0 spiro atoms. The van der Waals surface area contributed by atoms with Gasteiger partial charge in [-0.1, -0.05) is 0 Å². The largest absolute Gasteiger partial charge is 0.367 e. The van der Waals surface area contributed by atoms with Gasteiger partial charge in [-0.05, 0) is 32.9 Å². The standard InChI is InChI=1S/C12H20N4O3S/c1-5-13-11(17)9-6-7-10(16-15-9)14-8-12(2,3)20(4,18)19/h6-7H,5,8H2,1-4H3,(H,13,17)(H,14,16). The second-order valence-corrected chi connectivity index (χ2v) is 7.70. The molecule has 1 amide bonds. The third kappa shape index (κ3) is 4.16. The average molecular weight is 300 g/mol. The second kappa shape index (κ2) is 6.17. The van der Waals surface area contributed by atoms with Crippen molar-refractivity contribution < 1.29 is 13.2 Å². The number of amides is 1. The molecule has 0 unspecified atom stereocenters. The van der Waals surface area contributed by atoms with E-state index in [1.807, 2.05) is 6.92 Å². The molecule has 0 aromatic carbocycles. The molecule has 20 heavy (non-hydrogen) atoms. The minimum atomic E-state index is -3.18. The smallest absolute Gasteiger partial charge is 0.271 e. The fraction of sp³-hybridized carbons (Fsp3) is 0.583. The van der Waals surface area contributed by atoms with E-state index in [2.05, 4.69) is 20.8 Å². The van der Waals surface area contributed by atoms with Crippen LogP contribution in [-0.4, -0.2) is 48.6 Å². The lowest BCUT2D eigenvalue weighted by Gasteiger charge is -2.22. The molecular weight excluding hydrogens is 280 g/mol. The molecule has 0 aliphatic heterocycles. The summed E-state index contributed by atoms with van der Waals surface area (Å²) in [5, 5.41) is 13.2. The van der Waals surface area contributed by atoms with Crippen molar-refractivity contribution in [2.24, 2.45) is 0 Å². The third-order valence-electron chi connectivity index (χ3n) is 2.93. The Hall–Kier alpha value is -1.70.